The van der Waals surface area contributed by atoms with Crippen LogP contribution in [0.15, 0.2) is 34.9 Å². The lowest BCUT2D eigenvalue weighted by Crippen LogP contribution is -2.05. The molecule has 0 atom stereocenters. The number of para-hydroxylation sites is 1. The molecule has 0 aliphatic heterocycles. The highest BCUT2D eigenvalue weighted by Crippen LogP contribution is 2.25. The predicted octanol–water partition coefficient (Wildman–Crippen LogP) is 3.76. The second-order valence-electron chi connectivity index (χ2n) is 4.95. The lowest BCUT2D eigenvalue weighted by molar-refractivity contribution is 0.555. The Morgan fingerprint density at radius 3 is 2.75 bits per heavy atom. The van der Waals surface area contributed by atoms with E-state index in [0.717, 1.165) is 33.9 Å². The first kappa shape index (κ1) is 12.7. The van der Waals surface area contributed by atoms with Crippen LogP contribution in [0.2, 0.25) is 0 Å². The van der Waals surface area contributed by atoms with Gasteiger partial charge in [-0.2, -0.15) is 0 Å². The maximum absolute atomic E-state index is 5.88. The minimum absolute atomic E-state index is 0.611. The molecule has 0 bridgehead atoms. The molecule has 0 amide bonds. The summed E-state index contributed by atoms with van der Waals surface area (Å²) < 4.78 is 5.88. The van der Waals surface area contributed by atoms with Crippen LogP contribution in [0, 0.1) is 20.8 Å². The fraction of sp³-hybridized carbons (Fsp3) is 0.250. The number of hydrogen-bond donors (Lipinski definition) is 1. The zero-order chi connectivity index (χ0) is 14.1. The third-order valence-corrected chi connectivity index (χ3v) is 3.43. The van der Waals surface area contributed by atoms with Crippen LogP contribution in [0.3, 0.4) is 0 Å². The van der Waals surface area contributed by atoms with Crippen molar-refractivity contribution in [1.82, 2.24) is 9.97 Å². The molecule has 0 aliphatic rings. The average molecular weight is 267 g/mol. The van der Waals surface area contributed by atoms with Crippen LogP contribution in [-0.2, 0) is 6.54 Å². The van der Waals surface area contributed by atoms with E-state index in [-0.39, 0.29) is 0 Å². The van der Waals surface area contributed by atoms with Crippen molar-refractivity contribution in [1.29, 1.82) is 0 Å². The normalized spacial score (nSPS) is 10.9. The smallest absolute Gasteiger partial charge is 0.148 e. The van der Waals surface area contributed by atoms with Crippen molar-refractivity contribution in [2.75, 3.05) is 5.32 Å². The summed E-state index contributed by atoms with van der Waals surface area (Å²) in [4.78, 5) is 8.76. The first-order valence-corrected chi connectivity index (χ1v) is 6.66. The summed E-state index contributed by atoms with van der Waals surface area (Å²) >= 11 is 0. The SMILES string of the molecule is Cc1cnc(C)c(NCc2oc3ccccc3c2C)n1. The lowest BCUT2D eigenvalue weighted by atomic mass is 10.1. The Bertz CT molecular complexity index is 762. The first-order valence-electron chi connectivity index (χ1n) is 6.66. The van der Waals surface area contributed by atoms with E-state index in [9.17, 15) is 0 Å². The molecule has 0 spiro atoms. The number of nitrogens with zero attached hydrogens (tertiary/aromatic N) is 2. The van der Waals surface area contributed by atoms with E-state index >= 15 is 0 Å². The van der Waals surface area contributed by atoms with Crippen molar-refractivity contribution in [3.8, 4) is 0 Å². The summed E-state index contributed by atoms with van der Waals surface area (Å²) in [7, 11) is 0. The highest BCUT2D eigenvalue weighted by atomic mass is 16.3. The van der Waals surface area contributed by atoms with Crippen molar-refractivity contribution >= 4 is 16.8 Å². The summed E-state index contributed by atoms with van der Waals surface area (Å²) in [6.45, 7) is 6.57. The molecular formula is C16H17N3O. The number of aromatic nitrogens is 2. The van der Waals surface area contributed by atoms with Gasteiger partial charge in [0.05, 0.1) is 17.9 Å². The summed E-state index contributed by atoms with van der Waals surface area (Å²) in [5.41, 5.74) is 3.89. The highest BCUT2D eigenvalue weighted by Gasteiger charge is 2.10. The highest BCUT2D eigenvalue weighted by molar-refractivity contribution is 5.81. The van der Waals surface area contributed by atoms with E-state index in [1.165, 1.54) is 5.56 Å². The maximum atomic E-state index is 5.88. The van der Waals surface area contributed by atoms with Gasteiger partial charge in [-0.1, -0.05) is 18.2 Å². The minimum atomic E-state index is 0.611. The molecule has 3 rings (SSSR count). The van der Waals surface area contributed by atoms with Gasteiger partial charge in [0.25, 0.3) is 0 Å². The molecule has 3 aromatic rings. The largest absolute Gasteiger partial charge is 0.459 e. The number of nitrogens with one attached hydrogen (secondary N) is 1. The molecule has 4 nitrogen and oxygen atoms in total. The van der Waals surface area contributed by atoms with Crippen molar-refractivity contribution in [3.63, 3.8) is 0 Å². The molecule has 4 heteroatoms. The molecule has 0 radical (unpaired) electrons. The van der Waals surface area contributed by atoms with Crippen LogP contribution >= 0.6 is 0 Å². The van der Waals surface area contributed by atoms with Crippen molar-refractivity contribution in [2.24, 2.45) is 0 Å². The number of hydrogen-bond acceptors (Lipinski definition) is 4. The molecule has 0 fully saturated rings. The molecule has 2 heterocycles. The van der Waals surface area contributed by atoms with Crippen LogP contribution < -0.4 is 5.32 Å². The predicted molar refractivity (Wildman–Crippen MR) is 79.8 cm³/mol. The summed E-state index contributed by atoms with van der Waals surface area (Å²) in [5.74, 6) is 1.75. The van der Waals surface area contributed by atoms with Crippen molar-refractivity contribution in [3.05, 3.63) is 53.2 Å². The molecule has 1 aromatic carbocycles. The van der Waals surface area contributed by atoms with Gasteiger partial charge in [0.15, 0.2) is 0 Å². The molecular weight excluding hydrogens is 250 g/mol. The first-order chi connectivity index (χ1) is 9.65. The molecule has 20 heavy (non-hydrogen) atoms. The molecule has 0 saturated heterocycles. The van der Waals surface area contributed by atoms with Gasteiger partial charge in [0, 0.05) is 17.1 Å². The second-order valence-corrected chi connectivity index (χ2v) is 4.95. The Morgan fingerprint density at radius 2 is 1.95 bits per heavy atom. The number of furan rings is 1. The number of aryl methyl sites for hydroxylation is 3. The topological polar surface area (TPSA) is 51.0 Å². The van der Waals surface area contributed by atoms with Crippen LogP contribution in [0.5, 0.6) is 0 Å². The maximum Gasteiger partial charge on any atom is 0.148 e. The van der Waals surface area contributed by atoms with Gasteiger partial charge >= 0.3 is 0 Å². The van der Waals surface area contributed by atoms with E-state index in [4.69, 9.17) is 4.42 Å². The fourth-order valence-electron chi connectivity index (χ4n) is 2.26. The van der Waals surface area contributed by atoms with Crippen LogP contribution in [0.25, 0.3) is 11.0 Å². The summed E-state index contributed by atoms with van der Waals surface area (Å²) in [6, 6.07) is 8.08. The molecule has 0 aliphatic carbocycles. The number of rotatable bonds is 3. The van der Waals surface area contributed by atoms with E-state index in [1.807, 2.05) is 32.0 Å². The van der Waals surface area contributed by atoms with Gasteiger partial charge in [-0.05, 0) is 26.8 Å². The molecule has 102 valence electrons. The van der Waals surface area contributed by atoms with E-state index in [1.54, 1.807) is 6.20 Å². The minimum Gasteiger partial charge on any atom is -0.459 e. The van der Waals surface area contributed by atoms with Gasteiger partial charge in [-0.3, -0.25) is 4.98 Å². The third-order valence-electron chi connectivity index (χ3n) is 3.43. The zero-order valence-electron chi connectivity index (χ0n) is 11.9. The Balaban J connectivity index is 1.87. The Labute approximate surface area is 117 Å². The lowest BCUT2D eigenvalue weighted by Gasteiger charge is -2.07. The monoisotopic (exact) mass is 267 g/mol. The van der Waals surface area contributed by atoms with Gasteiger partial charge in [0.1, 0.15) is 17.2 Å². The Morgan fingerprint density at radius 1 is 1.15 bits per heavy atom. The average Bonchev–Trinajstić information content (AvgIpc) is 2.77. The third kappa shape index (κ3) is 2.25. The van der Waals surface area contributed by atoms with Crippen molar-refractivity contribution < 1.29 is 4.42 Å². The molecule has 0 saturated carbocycles. The van der Waals surface area contributed by atoms with Gasteiger partial charge < -0.3 is 9.73 Å². The Hall–Kier alpha value is -2.36. The summed E-state index contributed by atoms with van der Waals surface area (Å²) in [5, 5.41) is 4.47. The van der Waals surface area contributed by atoms with Gasteiger partial charge in [0.2, 0.25) is 0 Å². The quantitative estimate of drug-likeness (QED) is 0.785. The fourth-order valence-corrected chi connectivity index (χ4v) is 2.26. The van der Waals surface area contributed by atoms with Crippen LogP contribution in [0.1, 0.15) is 22.7 Å². The van der Waals surface area contributed by atoms with E-state index in [2.05, 4.69) is 28.3 Å². The number of fused-ring (bicyclic) bond motifs is 1. The van der Waals surface area contributed by atoms with Crippen molar-refractivity contribution in [2.45, 2.75) is 27.3 Å². The van der Waals surface area contributed by atoms with Gasteiger partial charge in [-0.25, -0.2) is 4.98 Å². The zero-order valence-corrected chi connectivity index (χ0v) is 11.9. The molecule has 1 N–H and O–H groups in total. The number of benzene rings is 1. The molecule has 0 unspecified atom stereocenters. The van der Waals surface area contributed by atoms with Crippen LogP contribution in [-0.4, -0.2) is 9.97 Å². The van der Waals surface area contributed by atoms with Crippen LogP contribution in [0.4, 0.5) is 5.82 Å². The Kier molecular flexibility index (Phi) is 3.14. The summed E-state index contributed by atoms with van der Waals surface area (Å²) in [6.07, 6.45) is 1.77. The second kappa shape index (κ2) is 4.96. The van der Waals surface area contributed by atoms with E-state index < -0.39 is 0 Å². The standard InChI is InChI=1S/C16H17N3O/c1-10-8-17-12(3)16(19-10)18-9-15-11(2)13-6-4-5-7-14(13)20-15/h4-8H,9H2,1-3H3,(H,18,19). The van der Waals surface area contributed by atoms with Gasteiger partial charge in [-0.15, -0.1) is 0 Å². The molecule has 2 aromatic heterocycles. The van der Waals surface area contributed by atoms with E-state index in [0.29, 0.717) is 6.54 Å². The number of anilines is 1.